The highest BCUT2D eigenvalue weighted by Gasteiger charge is 2.30. The number of hydrogen-bond acceptors (Lipinski definition) is 3. The lowest BCUT2D eigenvalue weighted by molar-refractivity contribution is 0.0188. The molecule has 3 aromatic rings. The number of carbonyl (C=O) groups excluding carboxylic acids is 1. The minimum Gasteiger partial charge on any atom is -0.491 e. The van der Waals surface area contributed by atoms with Gasteiger partial charge in [-0.2, -0.15) is 4.39 Å². The second kappa shape index (κ2) is 11.1. The fourth-order valence-electron chi connectivity index (χ4n) is 4.69. The zero-order valence-corrected chi connectivity index (χ0v) is 20.3. The van der Waals surface area contributed by atoms with Crippen LogP contribution in [-0.4, -0.2) is 18.7 Å². The summed E-state index contributed by atoms with van der Waals surface area (Å²) in [6.45, 7) is 3.82. The summed E-state index contributed by atoms with van der Waals surface area (Å²) < 4.78 is 68.8. The number of aryl methyl sites for hydroxylation is 1. The van der Waals surface area contributed by atoms with Gasteiger partial charge in [-0.3, -0.25) is 0 Å². The average molecular weight is 501 g/mol. The van der Waals surface area contributed by atoms with Crippen LogP contribution in [0, 0.1) is 23.3 Å². The van der Waals surface area contributed by atoms with Crippen molar-refractivity contribution < 1.29 is 31.8 Å². The first-order valence-corrected chi connectivity index (χ1v) is 12.2. The van der Waals surface area contributed by atoms with Crippen LogP contribution in [0.2, 0.25) is 0 Å². The van der Waals surface area contributed by atoms with E-state index in [0.717, 1.165) is 18.1 Å². The van der Waals surface area contributed by atoms with Gasteiger partial charge < -0.3 is 9.47 Å². The molecule has 0 aromatic heterocycles. The maximum atomic E-state index is 15.0. The van der Waals surface area contributed by atoms with Crippen molar-refractivity contribution in [3.63, 3.8) is 0 Å². The van der Waals surface area contributed by atoms with Gasteiger partial charge in [0, 0.05) is 5.56 Å². The Bertz CT molecular complexity index is 1230. The molecule has 3 aromatic carbocycles. The summed E-state index contributed by atoms with van der Waals surface area (Å²) in [4.78, 5) is 12.4. The van der Waals surface area contributed by atoms with Crippen molar-refractivity contribution in [2.75, 3.05) is 6.61 Å². The molecule has 190 valence electrons. The molecule has 3 nitrogen and oxygen atoms in total. The monoisotopic (exact) mass is 500 g/mol. The molecule has 1 saturated carbocycles. The van der Waals surface area contributed by atoms with Crippen molar-refractivity contribution in [1.82, 2.24) is 0 Å². The molecule has 0 heterocycles. The quantitative estimate of drug-likeness (QED) is 0.246. The Morgan fingerprint density at radius 2 is 1.50 bits per heavy atom. The molecule has 1 fully saturated rings. The predicted molar refractivity (Wildman–Crippen MR) is 129 cm³/mol. The highest BCUT2D eigenvalue weighted by atomic mass is 19.2. The van der Waals surface area contributed by atoms with E-state index >= 15 is 4.39 Å². The number of halogens is 4. The maximum absolute atomic E-state index is 15.0. The summed E-state index contributed by atoms with van der Waals surface area (Å²) in [7, 11) is 0. The summed E-state index contributed by atoms with van der Waals surface area (Å²) in [5.74, 6) is -5.76. The second-order valence-corrected chi connectivity index (χ2v) is 8.93. The van der Waals surface area contributed by atoms with Gasteiger partial charge in [0.1, 0.15) is 6.10 Å². The molecule has 0 amide bonds. The van der Waals surface area contributed by atoms with E-state index in [-0.39, 0.29) is 23.8 Å². The zero-order valence-electron chi connectivity index (χ0n) is 20.3. The average Bonchev–Trinajstić information content (AvgIpc) is 2.89. The lowest BCUT2D eigenvalue weighted by Gasteiger charge is -2.29. The molecule has 0 radical (unpaired) electrons. The highest BCUT2D eigenvalue weighted by Crippen LogP contribution is 2.38. The normalized spacial score (nSPS) is 17.6. The van der Waals surface area contributed by atoms with Crippen LogP contribution in [0.15, 0.2) is 48.5 Å². The lowest BCUT2D eigenvalue weighted by atomic mass is 9.82. The van der Waals surface area contributed by atoms with Crippen molar-refractivity contribution >= 4 is 5.97 Å². The standard InChI is InChI=1S/C29H28F4O3/c1-3-17-5-7-18(8-6-17)21-13-14-22(26(31)25(21)30)19-9-11-20(12-10-19)36-29(34)23-15-16-24(35-4-2)28(33)27(23)32/h5-8,13-16,19-20H,3-4,9-12H2,1-2H3. The van der Waals surface area contributed by atoms with Crippen molar-refractivity contribution in [2.24, 2.45) is 0 Å². The van der Waals surface area contributed by atoms with Gasteiger partial charge in [-0.25, -0.2) is 18.0 Å². The molecular weight excluding hydrogens is 472 g/mol. The fraction of sp³-hybridized carbons (Fsp3) is 0.345. The molecule has 7 heteroatoms. The van der Waals surface area contributed by atoms with Gasteiger partial charge in [0.25, 0.3) is 0 Å². The Morgan fingerprint density at radius 3 is 2.14 bits per heavy atom. The van der Waals surface area contributed by atoms with Crippen molar-refractivity contribution in [1.29, 1.82) is 0 Å². The van der Waals surface area contributed by atoms with Crippen molar-refractivity contribution in [2.45, 2.75) is 58.0 Å². The van der Waals surface area contributed by atoms with Crippen LogP contribution in [0.5, 0.6) is 5.75 Å². The molecule has 0 spiro atoms. The van der Waals surface area contributed by atoms with Gasteiger partial charge >= 0.3 is 5.97 Å². The Kier molecular flexibility index (Phi) is 7.97. The molecule has 0 saturated heterocycles. The third kappa shape index (κ3) is 5.25. The Morgan fingerprint density at radius 1 is 0.806 bits per heavy atom. The summed E-state index contributed by atoms with van der Waals surface area (Å²) in [6.07, 6.45) is 2.09. The number of carbonyl (C=O) groups is 1. The number of esters is 1. The molecular formula is C29H28F4O3. The first-order chi connectivity index (χ1) is 17.3. The summed E-state index contributed by atoms with van der Waals surface area (Å²) in [6, 6.07) is 12.9. The summed E-state index contributed by atoms with van der Waals surface area (Å²) in [5.41, 5.74) is 1.73. The lowest BCUT2D eigenvalue weighted by Crippen LogP contribution is -2.25. The van der Waals surface area contributed by atoms with E-state index in [0.29, 0.717) is 36.8 Å². The molecule has 0 N–H and O–H groups in total. The van der Waals surface area contributed by atoms with Crippen LogP contribution in [-0.2, 0) is 11.2 Å². The van der Waals surface area contributed by atoms with Crippen LogP contribution in [0.1, 0.15) is 66.9 Å². The fourth-order valence-corrected chi connectivity index (χ4v) is 4.69. The Hall–Kier alpha value is -3.35. The maximum Gasteiger partial charge on any atom is 0.341 e. The van der Waals surface area contributed by atoms with E-state index in [1.54, 1.807) is 31.2 Å². The zero-order chi connectivity index (χ0) is 25.8. The molecule has 1 aliphatic rings. The minimum atomic E-state index is -1.32. The van der Waals surface area contributed by atoms with E-state index < -0.39 is 40.9 Å². The van der Waals surface area contributed by atoms with E-state index in [9.17, 15) is 18.0 Å². The number of rotatable bonds is 7. The van der Waals surface area contributed by atoms with Crippen LogP contribution in [0.3, 0.4) is 0 Å². The molecule has 0 bridgehead atoms. The first kappa shape index (κ1) is 25.7. The van der Waals surface area contributed by atoms with Gasteiger partial charge in [0.2, 0.25) is 5.82 Å². The number of hydrogen-bond donors (Lipinski definition) is 0. The highest BCUT2D eigenvalue weighted by molar-refractivity contribution is 5.90. The third-order valence-corrected chi connectivity index (χ3v) is 6.74. The SMILES string of the molecule is CCOc1ccc(C(=O)OC2CCC(c3ccc(-c4ccc(CC)cc4)c(F)c3F)CC2)c(F)c1F. The summed E-state index contributed by atoms with van der Waals surface area (Å²) >= 11 is 0. The Labute approximate surface area is 208 Å². The van der Waals surface area contributed by atoms with E-state index in [2.05, 4.69) is 0 Å². The number of ether oxygens (including phenoxy) is 2. The van der Waals surface area contributed by atoms with Crippen LogP contribution in [0.25, 0.3) is 11.1 Å². The number of benzene rings is 3. The second-order valence-electron chi connectivity index (χ2n) is 8.93. The largest absolute Gasteiger partial charge is 0.491 e. The van der Waals surface area contributed by atoms with Crippen LogP contribution < -0.4 is 4.74 Å². The minimum absolute atomic E-state index is 0.155. The van der Waals surface area contributed by atoms with Gasteiger partial charge in [-0.1, -0.05) is 43.3 Å². The first-order valence-electron chi connectivity index (χ1n) is 12.2. The van der Waals surface area contributed by atoms with Gasteiger partial charge in [0.15, 0.2) is 23.2 Å². The van der Waals surface area contributed by atoms with Crippen molar-refractivity contribution in [3.8, 4) is 16.9 Å². The van der Waals surface area contributed by atoms with Crippen LogP contribution >= 0.6 is 0 Å². The molecule has 4 rings (SSSR count). The van der Waals surface area contributed by atoms with Crippen LogP contribution in [0.4, 0.5) is 17.6 Å². The molecule has 0 atom stereocenters. The smallest absolute Gasteiger partial charge is 0.341 e. The Balaban J connectivity index is 1.41. The van der Waals surface area contributed by atoms with E-state index in [1.165, 1.54) is 6.07 Å². The van der Waals surface area contributed by atoms with Gasteiger partial charge in [-0.15, -0.1) is 0 Å². The predicted octanol–water partition coefficient (Wildman–Crippen LogP) is 7.75. The van der Waals surface area contributed by atoms with E-state index in [1.807, 2.05) is 19.1 Å². The van der Waals surface area contributed by atoms with Crippen molar-refractivity contribution in [3.05, 3.63) is 88.5 Å². The van der Waals surface area contributed by atoms with Gasteiger partial charge in [-0.05, 0) is 73.8 Å². The third-order valence-electron chi connectivity index (χ3n) is 6.74. The topological polar surface area (TPSA) is 35.5 Å². The molecule has 36 heavy (non-hydrogen) atoms. The molecule has 1 aliphatic carbocycles. The van der Waals surface area contributed by atoms with Gasteiger partial charge in [0.05, 0.1) is 12.2 Å². The van der Waals surface area contributed by atoms with E-state index in [4.69, 9.17) is 9.47 Å². The summed E-state index contributed by atoms with van der Waals surface area (Å²) in [5, 5.41) is 0. The molecule has 0 aliphatic heterocycles. The molecule has 0 unspecified atom stereocenters.